The molecule has 0 saturated heterocycles. The molecule has 0 aromatic carbocycles. The van der Waals surface area contributed by atoms with Crippen molar-refractivity contribution in [3.05, 3.63) is 18.2 Å². The fourth-order valence-corrected chi connectivity index (χ4v) is 3.63. The summed E-state index contributed by atoms with van der Waals surface area (Å²) in [5.41, 5.74) is 6.13. The molecular formula is C20H33N5O4S. The SMILES string of the molecule is CSCCC(NC(=O)C(CC(=O)C(Cc1cnc[nH]1)NC(C)=O)CC(C)C)C(N)=O. The molecular weight excluding hydrogens is 406 g/mol. The summed E-state index contributed by atoms with van der Waals surface area (Å²) in [6, 6.07) is -1.54. The minimum Gasteiger partial charge on any atom is -0.368 e. The standard InChI is InChI=1S/C20H33N5O4S/c1-12(2)7-14(20(29)25-16(19(21)28)5-6-30-4)8-18(27)17(24-13(3)26)9-15-10-22-11-23-15/h10-12,14,16-17H,5-9H2,1-4H3,(H2,21,28)(H,22,23)(H,24,26)(H,25,29). The normalized spacial score (nSPS) is 14.0. The van der Waals surface area contributed by atoms with E-state index >= 15 is 0 Å². The highest BCUT2D eigenvalue weighted by Gasteiger charge is 2.30. The van der Waals surface area contributed by atoms with Crippen LogP contribution >= 0.6 is 11.8 Å². The molecule has 0 aliphatic heterocycles. The van der Waals surface area contributed by atoms with Crippen LogP contribution < -0.4 is 16.4 Å². The molecule has 0 spiro atoms. The van der Waals surface area contributed by atoms with Crippen molar-refractivity contribution in [2.24, 2.45) is 17.6 Å². The van der Waals surface area contributed by atoms with Crippen molar-refractivity contribution < 1.29 is 19.2 Å². The number of hydrogen-bond acceptors (Lipinski definition) is 6. The van der Waals surface area contributed by atoms with Crippen molar-refractivity contribution in [3.8, 4) is 0 Å². The molecule has 10 heteroatoms. The maximum Gasteiger partial charge on any atom is 0.240 e. The number of nitrogens with zero attached hydrogens (tertiary/aromatic N) is 1. The van der Waals surface area contributed by atoms with Crippen LogP contribution in [0.5, 0.6) is 0 Å². The van der Waals surface area contributed by atoms with Crippen molar-refractivity contribution in [1.29, 1.82) is 0 Å². The number of nitrogens with one attached hydrogen (secondary N) is 3. The van der Waals surface area contributed by atoms with Crippen LogP contribution in [0.2, 0.25) is 0 Å². The first-order chi connectivity index (χ1) is 14.1. The zero-order valence-corrected chi connectivity index (χ0v) is 18.9. The summed E-state index contributed by atoms with van der Waals surface area (Å²) in [5.74, 6) is -1.32. The summed E-state index contributed by atoms with van der Waals surface area (Å²) in [6.45, 7) is 5.26. The van der Waals surface area contributed by atoms with Crippen LogP contribution in [0.4, 0.5) is 0 Å². The van der Waals surface area contributed by atoms with E-state index in [1.807, 2.05) is 20.1 Å². The second-order valence-electron chi connectivity index (χ2n) is 7.78. The number of thioether (sulfide) groups is 1. The number of hydrogen-bond donors (Lipinski definition) is 4. The minimum absolute atomic E-state index is 0.0445. The smallest absolute Gasteiger partial charge is 0.240 e. The predicted octanol–water partition coefficient (Wildman–Crippen LogP) is 0.802. The molecule has 168 valence electrons. The fourth-order valence-electron chi connectivity index (χ4n) is 3.15. The van der Waals surface area contributed by atoms with Gasteiger partial charge in [0.25, 0.3) is 0 Å². The number of amides is 3. The Morgan fingerprint density at radius 3 is 2.40 bits per heavy atom. The van der Waals surface area contributed by atoms with Gasteiger partial charge in [0.15, 0.2) is 5.78 Å². The van der Waals surface area contributed by atoms with Gasteiger partial charge in [-0.2, -0.15) is 11.8 Å². The molecule has 3 atom stereocenters. The van der Waals surface area contributed by atoms with Crippen LogP contribution in [0.3, 0.4) is 0 Å². The van der Waals surface area contributed by atoms with E-state index in [1.54, 1.807) is 18.0 Å². The van der Waals surface area contributed by atoms with Gasteiger partial charge in [-0.3, -0.25) is 19.2 Å². The number of carbonyl (C=O) groups is 4. The van der Waals surface area contributed by atoms with Gasteiger partial charge in [0, 0.05) is 37.6 Å². The van der Waals surface area contributed by atoms with Crippen LogP contribution in [0.25, 0.3) is 0 Å². The second-order valence-corrected chi connectivity index (χ2v) is 8.76. The number of imidazole rings is 1. The Morgan fingerprint density at radius 1 is 1.20 bits per heavy atom. The first-order valence-corrected chi connectivity index (χ1v) is 11.4. The number of nitrogens with two attached hydrogens (primary N) is 1. The maximum atomic E-state index is 13.0. The Hall–Kier alpha value is -2.36. The van der Waals surface area contributed by atoms with Crippen LogP contribution in [-0.4, -0.2) is 57.6 Å². The first-order valence-electron chi connectivity index (χ1n) is 9.99. The fraction of sp³-hybridized carbons (Fsp3) is 0.650. The maximum absolute atomic E-state index is 13.0. The van der Waals surface area contributed by atoms with Gasteiger partial charge >= 0.3 is 0 Å². The van der Waals surface area contributed by atoms with Gasteiger partial charge in [0.05, 0.1) is 12.4 Å². The number of carbonyl (C=O) groups excluding carboxylic acids is 4. The summed E-state index contributed by atoms with van der Waals surface area (Å²) >= 11 is 1.55. The van der Waals surface area contributed by atoms with Gasteiger partial charge < -0.3 is 21.4 Å². The Kier molecular flexibility index (Phi) is 11.2. The topological polar surface area (TPSA) is 147 Å². The van der Waals surface area contributed by atoms with E-state index in [1.165, 1.54) is 13.3 Å². The van der Waals surface area contributed by atoms with E-state index in [-0.39, 0.29) is 36.4 Å². The molecule has 0 radical (unpaired) electrons. The summed E-state index contributed by atoms with van der Waals surface area (Å²) in [4.78, 5) is 56.0. The molecule has 0 fully saturated rings. The number of H-pyrrole nitrogens is 1. The zero-order valence-electron chi connectivity index (χ0n) is 18.1. The molecule has 1 aromatic heterocycles. The number of aromatic nitrogens is 2. The van der Waals surface area contributed by atoms with Crippen molar-refractivity contribution in [1.82, 2.24) is 20.6 Å². The molecule has 9 nitrogen and oxygen atoms in total. The third-order valence-electron chi connectivity index (χ3n) is 4.59. The average molecular weight is 440 g/mol. The highest BCUT2D eigenvalue weighted by atomic mass is 32.2. The minimum atomic E-state index is -0.772. The van der Waals surface area contributed by atoms with Crippen molar-refractivity contribution in [3.63, 3.8) is 0 Å². The lowest BCUT2D eigenvalue weighted by Gasteiger charge is -2.24. The van der Waals surface area contributed by atoms with Gasteiger partial charge in [0.1, 0.15) is 6.04 Å². The van der Waals surface area contributed by atoms with Crippen molar-refractivity contribution in [2.45, 2.75) is 58.5 Å². The van der Waals surface area contributed by atoms with Gasteiger partial charge in [0.2, 0.25) is 17.7 Å². The summed E-state index contributed by atoms with van der Waals surface area (Å²) in [6.07, 6.45) is 6.11. The van der Waals surface area contributed by atoms with E-state index in [0.29, 0.717) is 24.3 Å². The Morgan fingerprint density at radius 2 is 1.90 bits per heavy atom. The van der Waals surface area contributed by atoms with Gasteiger partial charge in [-0.25, -0.2) is 4.98 Å². The van der Waals surface area contributed by atoms with Gasteiger partial charge in [-0.15, -0.1) is 0 Å². The lowest BCUT2D eigenvalue weighted by molar-refractivity contribution is -0.133. The molecule has 1 rings (SSSR count). The van der Waals surface area contributed by atoms with Crippen molar-refractivity contribution >= 4 is 35.3 Å². The molecule has 5 N–H and O–H groups in total. The Labute approximate surface area is 181 Å². The van der Waals surface area contributed by atoms with Gasteiger partial charge in [-0.1, -0.05) is 13.8 Å². The van der Waals surface area contributed by atoms with E-state index in [9.17, 15) is 19.2 Å². The van der Waals surface area contributed by atoms with Crippen molar-refractivity contribution in [2.75, 3.05) is 12.0 Å². The number of aromatic amines is 1. The molecule has 0 aliphatic carbocycles. The largest absolute Gasteiger partial charge is 0.368 e. The van der Waals surface area contributed by atoms with E-state index in [0.717, 1.165) is 0 Å². The number of Topliss-reactive ketones (excluding diaryl/α,β-unsaturated/α-hetero) is 1. The monoisotopic (exact) mass is 439 g/mol. The Balaban J connectivity index is 2.91. The first kappa shape index (κ1) is 25.7. The molecule has 0 bridgehead atoms. The van der Waals surface area contributed by atoms with E-state index in [4.69, 9.17) is 5.73 Å². The molecule has 1 aromatic rings. The molecule has 0 saturated carbocycles. The summed E-state index contributed by atoms with van der Waals surface area (Å²) < 4.78 is 0. The van der Waals surface area contributed by atoms with Crippen LogP contribution in [0.15, 0.2) is 12.5 Å². The molecule has 30 heavy (non-hydrogen) atoms. The molecule has 1 heterocycles. The molecule has 0 aliphatic rings. The predicted molar refractivity (Wildman–Crippen MR) is 117 cm³/mol. The van der Waals surface area contributed by atoms with Crippen LogP contribution in [-0.2, 0) is 25.6 Å². The third kappa shape index (κ3) is 9.43. The highest BCUT2D eigenvalue weighted by molar-refractivity contribution is 7.98. The summed E-state index contributed by atoms with van der Waals surface area (Å²) in [5, 5.41) is 5.36. The summed E-state index contributed by atoms with van der Waals surface area (Å²) in [7, 11) is 0. The van der Waals surface area contributed by atoms with E-state index < -0.39 is 23.9 Å². The van der Waals surface area contributed by atoms with Gasteiger partial charge in [-0.05, 0) is 30.8 Å². The van der Waals surface area contributed by atoms with Crippen LogP contribution in [0.1, 0.15) is 45.7 Å². The molecule has 3 unspecified atom stereocenters. The Bertz CT molecular complexity index is 708. The third-order valence-corrected chi connectivity index (χ3v) is 5.23. The number of rotatable bonds is 14. The van der Waals surface area contributed by atoms with E-state index in [2.05, 4.69) is 20.6 Å². The number of ketones is 1. The zero-order chi connectivity index (χ0) is 22.7. The van der Waals surface area contributed by atoms with Crippen LogP contribution in [0, 0.1) is 11.8 Å². The molecule has 3 amide bonds. The number of primary amides is 1. The average Bonchev–Trinajstić information content (AvgIpc) is 3.15. The lowest BCUT2D eigenvalue weighted by atomic mass is 9.88. The quantitative estimate of drug-likeness (QED) is 0.337. The highest BCUT2D eigenvalue weighted by Crippen LogP contribution is 2.19. The second kappa shape index (κ2) is 13.0. The lowest BCUT2D eigenvalue weighted by Crippen LogP contribution is -2.48.